The molecule has 0 bridgehead atoms. The molecule has 5 aromatic rings. The summed E-state index contributed by atoms with van der Waals surface area (Å²) in [5.41, 5.74) is 2.71. The molecule has 1 N–H and O–H groups in total. The van der Waals surface area contributed by atoms with Gasteiger partial charge in [0.05, 0.1) is 0 Å². The molecule has 1 saturated heterocycles. The highest BCUT2D eigenvalue weighted by atomic mass is 16.5. The van der Waals surface area contributed by atoms with Gasteiger partial charge in [0.1, 0.15) is 11.4 Å². The fraction of sp³-hybridized carbons (Fsp3) is 0.194. The lowest BCUT2D eigenvalue weighted by Gasteiger charge is -2.26. The molecule has 1 aliphatic heterocycles. The van der Waals surface area contributed by atoms with Crippen LogP contribution in [0.15, 0.2) is 91.0 Å². The second-order valence-electron chi connectivity index (χ2n) is 9.38. The number of piperidine rings is 1. The first kappa shape index (κ1) is 23.0. The van der Waals surface area contributed by atoms with Crippen LogP contribution in [0.4, 0.5) is 11.5 Å². The van der Waals surface area contributed by atoms with E-state index in [9.17, 15) is 4.79 Å². The average Bonchev–Trinajstić information content (AvgIpc) is 2.97. The van der Waals surface area contributed by atoms with E-state index in [4.69, 9.17) is 4.74 Å². The molecule has 1 fully saturated rings. The van der Waals surface area contributed by atoms with Crippen molar-refractivity contribution in [1.29, 1.82) is 0 Å². The Hall–Kier alpha value is -4.45. The Kier molecular flexibility index (Phi) is 6.38. The molecular formula is C31H28N4O2. The number of carbonyl (C=O) groups is 1. The summed E-state index contributed by atoms with van der Waals surface area (Å²) in [7, 11) is 0. The van der Waals surface area contributed by atoms with Crippen molar-refractivity contribution in [1.82, 2.24) is 15.1 Å². The molecule has 1 aromatic heterocycles. The van der Waals surface area contributed by atoms with Gasteiger partial charge in [0.2, 0.25) is 0 Å². The van der Waals surface area contributed by atoms with Crippen LogP contribution in [0.25, 0.3) is 32.8 Å². The summed E-state index contributed by atoms with van der Waals surface area (Å²) >= 11 is 0. The number of hydrogen-bond donors (Lipinski definition) is 1. The van der Waals surface area contributed by atoms with Gasteiger partial charge in [-0.15, -0.1) is 10.2 Å². The van der Waals surface area contributed by atoms with Crippen LogP contribution >= 0.6 is 0 Å². The Morgan fingerprint density at radius 1 is 0.784 bits per heavy atom. The topological polar surface area (TPSA) is 67.3 Å². The van der Waals surface area contributed by atoms with Gasteiger partial charge in [-0.25, -0.2) is 0 Å². The summed E-state index contributed by atoms with van der Waals surface area (Å²) in [6, 6.07) is 30.4. The van der Waals surface area contributed by atoms with E-state index in [0.29, 0.717) is 11.6 Å². The largest absolute Gasteiger partial charge is 0.484 e. The highest BCUT2D eigenvalue weighted by molar-refractivity contribution is 6.01. The van der Waals surface area contributed by atoms with E-state index in [1.807, 2.05) is 53.4 Å². The van der Waals surface area contributed by atoms with Crippen LogP contribution in [-0.4, -0.2) is 40.7 Å². The second-order valence-corrected chi connectivity index (χ2v) is 9.38. The van der Waals surface area contributed by atoms with Gasteiger partial charge in [0.15, 0.2) is 12.4 Å². The second kappa shape index (κ2) is 10.3. The molecule has 1 amide bonds. The number of likely N-dealkylation sites (tertiary alicyclic amines) is 1. The maximum absolute atomic E-state index is 12.4. The van der Waals surface area contributed by atoms with Gasteiger partial charge in [-0.1, -0.05) is 54.6 Å². The maximum atomic E-state index is 12.4. The van der Waals surface area contributed by atoms with Crippen molar-refractivity contribution in [2.75, 3.05) is 25.0 Å². The third kappa shape index (κ3) is 4.96. The van der Waals surface area contributed by atoms with E-state index in [1.165, 1.54) is 17.2 Å². The van der Waals surface area contributed by atoms with Gasteiger partial charge < -0.3 is 15.0 Å². The Labute approximate surface area is 215 Å². The van der Waals surface area contributed by atoms with Crippen LogP contribution in [0.5, 0.6) is 5.75 Å². The van der Waals surface area contributed by atoms with Gasteiger partial charge in [0.25, 0.3) is 5.91 Å². The van der Waals surface area contributed by atoms with Crippen molar-refractivity contribution >= 4 is 39.0 Å². The molecule has 37 heavy (non-hydrogen) atoms. The molecule has 6 heteroatoms. The molecule has 0 spiro atoms. The number of carbonyl (C=O) groups excluding carboxylic acids is 1. The highest BCUT2D eigenvalue weighted by Gasteiger charge is 2.17. The number of anilines is 2. The van der Waals surface area contributed by atoms with Crippen LogP contribution < -0.4 is 10.1 Å². The summed E-state index contributed by atoms with van der Waals surface area (Å²) in [6.07, 6.45) is 3.35. The molecule has 6 rings (SSSR count). The molecule has 1 aliphatic rings. The maximum Gasteiger partial charge on any atom is 0.260 e. The first-order valence-electron chi connectivity index (χ1n) is 12.8. The minimum Gasteiger partial charge on any atom is -0.484 e. The molecule has 2 heterocycles. The number of benzene rings is 4. The van der Waals surface area contributed by atoms with Crippen LogP contribution in [0.1, 0.15) is 19.3 Å². The van der Waals surface area contributed by atoms with Gasteiger partial charge in [-0.05, 0) is 66.4 Å². The fourth-order valence-corrected chi connectivity index (χ4v) is 4.90. The normalized spacial score (nSPS) is 13.6. The van der Waals surface area contributed by atoms with Crippen LogP contribution in [0.3, 0.4) is 0 Å². The number of nitrogens with one attached hydrogen (secondary N) is 1. The van der Waals surface area contributed by atoms with Crippen molar-refractivity contribution in [2.24, 2.45) is 0 Å². The van der Waals surface area contributed by atoms with E-state index < -0.39 is 0 Å². The van der Waals surface area contributed by atoms with Crippen molar-refractivity contribution in [2.45, 2.75) is 19.3 Å². The van der Waals surface area contributed by atoms with Crippen LogP contribution in [0, 0.1) is 0 Å². The lowest BCUT2D eigenvalue weighted by molar-refractivity contribution is -0.134. The predicted octanol–water partition coefficient (Wildman–Crippen LogP) is 6.58. The Morgan fingerprint density at radius 2 is 1.51 bits per heavy atom. The predicted molar refractivity (Wildman–Crippen MR) is 148 cm³/mol. The monoisotopic (exact) mass is 488 g/mol. The first-order chi connectivity index (χ1) is 18.2. The number of hydrogen-bond acceptors (Lipinski definition) is 5. The summed E-state index contributed by atoms with van der Waals surface area (Å²) in [5, 5.41) is 17.0. The molecule has 4 aromatic carbocycles. The zero-order chi connectivity index (χ0) is 25.0. The summed E-state index contributed by atoms with van der Waals surface area (Å²) in [5.74, 6) is 1.43. The van der Waals surface area contributed by atoms with E-state index in [-0.39, 0.29) is 12.5 Å². The molecule has 0 saturated carbocycles. The Morgan fingerprint density at radius 3 is 2.32 bits per heavy atom. The number of rotatable bonds is 6. The SMILES string of the molecule is O=C(COc1ccc(-c2nnc(Nc3ccc4ccccc4c3)c3ccccc23)cc1)N1CCCCC1. The third-order valence-electron chi connectivity index (χ3n) is 6.90. The average molecular weight is 489 g/mol. The van der Waals surface area contributed by atoms with Crippen LogP contribution in [-0.2, 0) is 4.79 Å². The van der Waals surface area contributed by atoms with E-state index in [2.05, 4.69) is 58.0 Å². The Balaban J connectivity index is 1.22. The lowest BCUT2D eigenvalue weighted by Crippen LogP contribution is -2.38. The molecule has 0 atom stereocenters. The Bertz CT molecular complexity index is 1560. The lowest BCUT2D eigenvalue weighted by atomic mass is 10.0. The number of aromatic nitrogens is 2. The first-order valence-corrected chi connectivity index (χ1v) is 12.8. The molecule has 6 nitrogen and oxygen atoms in total. The molecule has 0 radical (unpaired) electrons. The minimum absolute atomic E-state index is 0.0511. The smallest absolute Gasteiger partial charge is 0.260 e. The number of ether oxygens (including phenoxy) is 1. The van der Waals surface area contributed by atoms with Gasteiger partial charge in [0, 0.05) is 35.1 Å². The number of nitrogens with zero attached hydrogens (tertiary/aromatic N) is 3. The van der Waals surface area contributed by atoms with Crippen molar-refractivity contribution in [3.63, 3.8) is 0 Å². The fourth-order valence-electron chi connectivity index (χ4n) is 4.90. The minimum atomic E-state index is 0.0511. The summed E-state index contributed by atoms with van der Waals surface area (Å²) in [4.78, 5) is 14.3. The van der Waals surface area contributed by atoms with E-state index in [0.717, 1.165) is 53.6 Å². The van der Waals surface area contributed by atoms with Crippen LogP contribution in [0.2, 0.25) is 0 Å². The van der Waals surface area contributed by atoms with Crippen molar-refractivity contribution in [3.05, 3.63) is 91.0 Å². The molecule has 184 valence electrons. The zero-order valence-electron chi connectivity index (χ0n) is 20.6. The third-order valence-corrected chi connectivity index (χ3v) is 6.90. The molecule has 0 aliphatic carbocycles. The van der Waals surface area contributed by atoms with E-state index >= 15 is 0 Å². The quantitative estimate of drug-likeness (QED) is 0.292. The van der Waals surface area contributed by atoms with Gasteiger partial charge >= 0.3 is 0 Å². The standard InChI is InChI=1S/C31H28N4O2/c36-29(35-18-6-1-7-19-35)21-37-26-16-13-23(14-17-26)30-27-10-4-5-11-28(27)31(34-33-30)32-25-15-12-22-8-2-3-9-24(22)20-25/h2-5,8-17,20H,1,6-7,18-19,21H2,(H,32,34). The molecule has 0 unspecified atom stereocenters. The van der Waals surface area contributed by atoms with Gasteiger partial charge in [-0.2, -0.15) is 0 Å². The van der Waals surface area contributed by atoms with Crippen molar-refractivity contribution in [3.8, 4) is 17.0 Å². The number of fused-ring (bicyclic) bond motifs is 2. The number of amides is 1. The summed E-state index contributed by atoms with van der Waals surface area (Å²) in [6.45, 7) is 1.73. The zero-order valence-corrected chi connectivity index (χ0v) is 20.6. The van der Waals surface area contributed by atoms with Gasteiger partial charge in [-0.3, -0.25) is 4.79 Å². The molecular weight excluding hydrogens is 460 g/mol. The summed E-state index contributed by atoms with van der Waals surface area (Å²) < 4.78 is 5.78. The highest BCUT2D eigenvalue weighted by Crippen LogP contribution is 2.32. The van der Waals surface area contributed by atoms with E-state index in [1.54, 1.807) is 0 Å². The van der Waals surface area contributed by atoms with Crippen molar-refractivity contribution < 1.29 is 9.53 Å².